The maximum Gasteiger partial charge on any atom is 0.460 e. The molecule has 0 atom stereocenters. The van der Waals surface area contributed by atoms with Crippen LogP contribution in [0.3, 0.4) is 0 Å². The molecule has 1 rings (SSSR count). The topological polar surface area (TPSA) is 38.3 Å². The van der Waals surface area contributed by atoms with Crippen LogP contribution in [0.25, 0.3) is 0 Å². The van der Waals surface area contributed by atoms with E-state index in [-0.39, 0.29) is 24.3 Å². The Labute approximate surface area is 407 Å². The summed E-state index contributed by atoms with van der Waals surface area (Å²) in [6.07, 6.45) is -38.3. The molecule has 1 aromatic rings. The van der Waals surface area contributed by atoms with E-state index in [1.165, 1.54) is 13.8 Å². The van der Waals surface area contributed by atoms with Crippen LogP contribution in [0.5, 0.6) is 0 Å². The molecule has 0 aliphatic rings. The summed E-state index contributed by atoms with van der Waals surface area (Å²) in [5, 5.41) is -0.0351. The largest absolute Gasteiger partial charge is 0.460 e. The summed E-state index contributed by atoms with van der Waals surface area (Å²) in [5.41, 5.74) is -0.793. The lowest BCUT2D eigenvalue weighted by Gasteiger charge is -2.43. The van der Waals surface area contributed by atoms with Crippen molar-refractivity contribution in [3.63, 3.8) is 0 Å². The van der Waals surface area contributed by atoms with Gasteiger partial charge in [-0.15, -0.1) is 0 Å². The lowest BCUT2D eigenvalue weighted by Crippen LogP contribution is -2.70. The average molecular weight is 1260 g/mol. The highest BCUT2D eigenvalue weighted by Crippen LogP contribution is 2.65. The summed E-state index contributed by atoms with van der Waals surface area (Å²) in [6.45, 7) is 1.13. The summed E-state index contributed by atoms with van der Waals surface area (Å²) in [4.78, 5) is 11.8. The van der Waals surface area contributed by atoms with Gasteiger partial charge in [-0.1, -0.05) is 29.5 Å². The van der Waals surface area contributed by atoms with E-state index in [4.69, 9.17) is 0 Å². The molecule has 1 N–H and O–H groups in total. The SMILES string of the molecule is CC(C)NC(=O)OCc1ccc([Si](CCC(F)(F)C(F)(F)C(F)(F)C(F)(F)C(F)(F)C(F)(F)F)(CCC(F)(F)C(F)(F)C(F)(F)C(F)(F)C(F)(F)C(F)(F)F)CCC(F)(F)C(F)(F)C(F)(F)C(F)(F)C(F)(F)C(F)(F)F)cc1. The molecule has 0 saturated heterocycles. The van der Waals surface area contributed by atoms with Crippen LogP contribution in [0, 0.1) is 0 Å². The van der Waals surface area contributed by atoms with Gasteiger partial charge in [-0.3, -0.25) is 0 Å². The Bertz CT molecular complexity index is 2020. The Morgan fingerprint density at radius 2 is 0.590 bits per heavy atom. The monoisotopic (exact) mass is 1260 g/mol. The molecule has 0 fully saturated rings. The lowest BCUT2D eigenvalue weighted by molar-refractivity contribution is -0.440. The van der Waals surface area contributed by atoms with Crippen LogP contribution in [-0.2, 0) is 11.3 Å². The van der Waals surface area contributed by atoms with E-state index in [0.29, 0.717) is 0 Å². The fourth-order valence-electron chi connectivity index (χ4n) is 6.25. The van der Waals surface area contributed by atoms with Gasteiger partial charge in [0.15, 0.2) is 0 Å². The second-order valence-corrected chi connectivity index (χ2v) is 21.5. The highest BCUT2D eigenvalue weighted by Gasteiger charge is 2.93. The van der Waals surface area contributed by atoms with Gasteiger partial charge < -0.3 is 10.1 Å². The van der Waals surface area contributed by atoms with Crippen molar-refractivity contribution < 1.29 is 181 Å². The predicted octanol–water partition coefficient (Wildman–Crippen LogP) is 16.4. The number of carbonyl (C=O) groups is 1. The molecule has 0 aromatic heterocycles. The van der Waals surface area contributed by atoms with Gasteiger partial charge in [0, 0.05) is 25.3 Å². The van der Waals surface area contributed by atoms with Crippen molar-refractivity contribution >= 4 is 19.4 Å². The molecule has 78 heavy (non-hydrogen) atoms. The number of halogens is 39. The van der Waals surface area contributed by atoms with Gasteiger partial charge >= 0.3 is 113 Å². The lowest BCUT2D eigenvalue weighted by atomic mass is 9.93. The molecular formula is C35H26F39NO2Si. The Morgan fingerprint density at radius 3 is 0.795 bits per heavy atom. The molecule has 0 aliphatic heterocycles. The zero-order valence-corrected chi connectivity index (χ0v) is 37.9. The minimum atomic E-state index is -8.93. The van der Waals surface area contributed by atoms with Crippen molar-refractivity contribution in [2.24, 2.45) is 0 Å². The van der Waals surface area contributed by atoms with Crippen LogP contribution >= 0.6 is 0 Å². The fourth-order valence-corrected chi connectivity index (χ4v) is 11.1. The summed E-state index contributed by atoms with van der Waals surface area (Å²) in [7, 11) is -7.18. The molecule has 1 amide bonds. The van der Waals surface area contributed by atoms with E-state index in [0.717, 1.165) is 0 Å². The first-order valence-electron chi connectivity index (χ1n) is 19.6. The first-order valence-corrected chi connectivity index (χ1v) is 22.2. The third-order valence-corrected chi connectivity index (χ3v) is 16.3. The Balaban J connectivity index is 4.61. The van der Waals surface area contributed by atoms with Crippen LogP contribution in [0.15, 0.2) is 24.3 Å². The van der Waals surface area contributed by atoms with Gasteiger partial charge in [-0.25, -0.2) is 4.79 Å². The molecule has 0 bridgehead atoms. The van der Waals surface area contributed by atoms with Gasteiger partial charge in [0.25, 0.3) is 0 Å². The van der Waals surface area contributed by atoms with Gasteiger partial charge in [-0.2, -0.15) is 171 Å². The van der Waals surface area contributed by atoms with E-state index >= 15 is 26.3 Å². The molecular weight excluding hydrogens is 1240 g/mol. The van der Waals surface area contributed by atoms with Crippen LogP contribution in [-0.4, -0.2) is 128 Å². The predicted molar refractivity (Wildman–Crippen MR) is 181 cm³/mol. The number of carbonyl (C=O) groups excluding carboxylic acids is 1. The minimum Gasteiger partial charge on any atom is -0.445 e. The van der Waals surface area contributed by atoms with E-state index < -0.39 is 182 Å². The van der Waals surface area contributed by atoms with Crippen molar-refractivity contribution in [2.45, 2.75) is 171 Å². The van der Waals surface area contributed by atoms with Gasteiger partial charge in [0.05, 0.1) is 8.07 Å². The summed E-state index contributed by atoms with van der Waals surface area (Å²) in [6, 6.07) is -11.3. The maximum absolute atomic E-state index is 15.3. The zero-order chi connectivity index (χ0) is 63.0. The van der Waals surface area contributed by atoms with E-state index in [9.17, 15) is 150 Å². The number of ether oxygens (including phenoxy) is 1. The van der Waals surface area contributed by atoms with Crippen molar-refractivity contribution in [3.8, 4) is 0 Å². The third-order valence-electron chi connectivity index (χ3n) is 11.1. The van der Waals surface area contributed by atoms with Gasteiger partial charge in [0.1, 0.15) is 6.61 Å². The maximum atomic E-state index is 15.3. The van der Waals surface area contributed by atoms with Crippen molar-refractivity contribution in [3.05, 3.63) is 29.8 Å². The first kappa shape index (κ1) is 72.0. The van der Waals surface area contributed by atoms with Crippen molar-refractivity contribution in [1.29, 1.82) is 0 Å². The molecule has 0 saturated carbocycles. The number of hydrogen-bond acceptors (Lipinski definition) is 2. The highest BCUT2D eigenvalue weighted by atomic mass is 28.3. The average Bonchev–Trinajstić information content (AvgIpc) is 3.23. The molecule has 0 radical (unpaired) electrons. The minimum absolute atomic E-state index is 0.0712. The Kier molecular flexibility index (Phi) is 19.2. The number of alkyl halides is 39. The normalized spacial score (nSPS) is 16.0. The van der Waals surface area contributed by atoms with Crippen LogP contribution in [0.2, 0.25) is 18.1 Å². The number of nitrogens with one attached hydrogen (secondary N) is 1. The molecule has 3 nitrogen and oxygen atoms in total. The Morgan fingerprint density at radius 1 is 0.372 bits per heavy atom. The first-order chi connectivity index (χ1) is 33.7. The van der Waals surface area contributed by atoms with E-state index in [1.807, 2.05) is 5.32 Å². The fraction of sp³-hybridized carbons (Fsp3) is 0.800. The van der Waals surface area contributed by atoms with Crippen molar-refractivity contribution in [2.75, 3.05) is 0 Å². The second-order valence-electron chi connectivity index (χ2n) is 16.9. The van der Waals surface area contributed by atoms with Crippen LogP contribution < -0.4 is 10.5 Å². The number of rotatable bonds is 25. The Hall–Kier alpha value is -4.02. The standard InChI is InChI=1S/C35H26F39NO2Si/c1-14(2)75-17(76)77-13-15-3-5-16(6-4-15)78(10-7-18(36,37)21(42,43)24(48,49)27(54,55)30(60,61)33(66,67)68,11-8-19(38,39)22(44,45)25(50,51)28(56,57)31(62,63)34(69,70)71)12-9-20(40,41)23(46,47)26(52,53)29(58,59)32(64,65)35(72,73)74/h3-6,14H,7-13H2,1-2H3,(H,75,76). The molecule has 0 heterocycles. The van der Waals surface area contributed by atoms with Gasteiger partial charge in [-0.05, 0) is 37.5 Å². The third kappa shape index (κ3) is 11.6. The summed E-state index contributed by atoms with van der Waals surface area (Å²) < 4.78 is 550. The van der Waals surface area contributed by atoms with Crippen LogP contribution in [0.4, 0.5) is 176 Å². The van der Waals surface area contributed by atoms with Crippen LogP contribution in [0.1, 0.15) is 38.7 Å². The molecule has 0 unspecified atom stereocenters. The zero-order valence-electron chi connectivity index (χ0n) is 36.9. The quantitative estimate of drug-likeness (QED) is 0.0783. The van der Waals surface area contributed by atoms with Gasteiger partial charge in [0.2, 0.25) is 0 Å². The second kappa shape index (κ2) is 20.8. The van der Waals surface area contributed by atoms with Crippen molar-refractivity contribution in [1.82, 2.24) is 5.32 Å². The molecule has 43 heteroatoms. The molecule has 0 spiro atoms. The number of alkyl carbamates (subject to hydrolysis) is 1. The molecule has 460 valence electrons. The number of benzene rings is 1. The molecule has 1 aromatic carbocycles. The highest BCUT2D eigenvalue weighted by molar-refractivity contribution is 6.92. The summed E-state index contributed by atoms with van der Waals surface area (Å²) >= 11 is 0. The molecule has 0 aliphatic carbocycles. The number of amides is 1. The van der Waals surface area contributed by atoms with E-state index in [1.54, 1.807) is 0 Å². The summed E-state index contributed by atoms with van der Waals surface area (Å²) in [5.74, 6) is -128. The smallest absolute Gasteiger partial charge is 0.445 e. The number of hydrogen-bond donors (Lipinski definition) is 1. The van der Waals surface area contributed by atoms with E-state index in [2.05, 4.69) is 4.74 Å².